The number of aromatic nitrogens is 1. The Kier molecular flexibility index (Phi) is 3.41. The minimum absolute atomic E-state index is 0.156. The first kappa shape index (κ1) is 11.8. The maximum absolute atomic E-state index is 12.7. The Morgan fingerprint density at radius 1 is 1.21 bits per heavy atom. The van der Waals surface area contributed by atoms with Gasteiger partial charge in [-0.25, -0.2) is 4.98 Å². The molecule has 0 bridgehead atoms. The fourth-order valence-corrected chi connectivity index (χ4v) is 1.48. The molecule has 0 spiro atoms. The van der Waals surface area contributed by atoms with E-state index in [1.165, 1.54) is 24.4 Å². The Bertz CT molecular complexity index is 300. The van der Waals surface area contributed by atoms with Gasteiger partial charge >= 0.3 is 10.1 Å². The van der Waals surface area contributed by atoms with Crippen LogP contribution in [-0.2, 0) is 0 Å². The van der Waals surface area contributed by atoms with Crippen molar-refractivity contribution in [3.05, 3.63) is 24.4 Å². The van der Waals surface area contributed by atoms with Crippen molar-refractivity contribution in [1.29, 1.82) is 0 Å². The molecule has 1 heterocycles. The number of halogens is 5. The Hall–Kier alpha value is -0.300. The van der Waals surface area contributed by atoms with E-state index in [0.29, 0.717) is 0 Å². The Morgan fingerprint density at radius 3 is 2.29 bits per heavy atom. The number of rotatable bonds is 3. The topological polar surface area (TPSA) is 12.9 Å². The number of hydrogen-bond donors (Lipinski definition) is 0. The van der Waals surface area contributed by atoms with Crippen molar-refractivity contribution in [2.24, 2.45) is 0 Å². The molecule has 1 aromatic rings. The van der Waals surface area contributed by atoms with Crippen LogP contribution in [0.1, 0.15) is 0 Å². The Balaban J connectivity index is 2.79. The lowest BCUT2D eigenvalue weighted by Crippen LogP contribution is -2.31. The van der Waals surface area contributed by atoms with Crippen LogP contribution in [0.15, 0.2) is 29.4 Å². The monoisotopic (exact) mass is 289 g/mol. The molecule has 14 heavy (non-hydrogen) atoms. The minimum Gasteiger partial charge on any atom is -0.250 e. The molecule has 7 heteroatoms. The van der Waals surface area contributed by atoms with E-state index < -0.39 is 10.1 Å². The molecule has 0 fully saturated rings. The summed E-state index contributed by atoms with van der Waals surface area (Å²) < 4.78 is 50.1. The van der Waals surface area contributed by atoms with E-state index in [1.54, 1.807) is 15.9 Å². The number of hydrogen-bond acceptors (Lipinski definition) is 2. The Labute approximate surface area is 90.0 Å². The summed E-state index contributed by atoms with van der Waals surface area (Å²) in [5.41, 5.74) is 0. The molecule has 0 aliphatic heterocycles. The van der Waals surface area contributed by atoms with E-state index in [9.17, 15) is 17.6 Å². The lowest BCUT2D eigenvalue weighted by Gasteiger charge is -2.19. The highest BCUT2D eigenvalue weighted by atomic mass is 79.9. The van der Waals surface area contributed by atoms with Gasteiger partial charge in [-0.05, 0) is 39.8 Å². The van der Waals surface area contributed by atoms with Crippen LogP contribution in [0.5, 0.6) is 0 Å². The van der Waals surface area contributed by atoms with E-state index in [1.807, 2.05) is 0 Å². The SMILES string of the molecule is FC(F)(Br)C(F)(F)Sc1ccccn1. The third-order valence-corrected chi connectivity index (χ3v) is 2.92. The standard InChI is InChI=1S/C7H4BrF4NS/c8-6(9,10)7(11,12)14-5-3-1-2-4-13-5/h1-4H. The fourth-order valence-electron chi connectivity index (χ4n) is 0.597. The average Bonchev–Trinajstić information content (AvgIpc) is 2.03. The van der Waals surface area contributed by atoms with E-state index in [-0.39, 0.29) is 16.8 Å². The molecular weight excluding hydrogens is 286 g/mol. The molecule has 1 nitrogen and oxygen atoms in total. The molecule has 78 valence electrons. The first-order valence-corrected chi connectivity index (χ1v) is 4.98. The Morgan fingerprint density at radius 2 is 1.86 bits per heavy atom. The summed E-state index contributed by atoms with van der Waals surface area (Å²) in [6, 6.07) is 4.18. The molecule has 0 aliphatic carbocycles. The third-order valence-electron chi connectivity index (χ3n) is 1.20. The normalized spacial score (nSPS) is 12.9. The predicted molar refractivity (Wildman–Crippen MR) is 48.9 cm³/mol. The quantitative estimate of drug-likeness (QED) is 0.477. The minimum atomic E-state index is -4.25. The molecule has 0 saturated carbocycles. The second-order valence-electron chi connectivity index (χ2n) is 2.28. The van der Waals surface area contributed by atoms with Crippen LogP contribution >= 0.6 is 27.7 Å². The van der Waals surface area contributed by atoms with Crippen LogP contribution in [0.3, 0.4) is 0 Å². The summed E-state index contributed by atoms with van der Waals surface area (Å²) in [5.74, 6) is 0. The highest BCUT2D eigenvalue weighted by Crippen LogP contribution is 2.49. The second-order valence-corrected chi connectivity index (χ2v) is 4.42. The lowest BCUT2D eigenvalue weighted by molar-refractivity contribution is -0.0780. The van der Waals surface area contributed by atoms with Gasteiger partial charge in [0.05, 0.1) is 0 Å². The van der Waals surface area contributed by atoms with Crippen molar-refractivity contribution in [3.8, 4) is 0 Å². The number of nitrogens with zero attached hydrogens (tertiary/aromatic N) is 1. The molecule has 0 atom stereocenters. The molecule has 1 rings (SSSR count). The zero-order valence-electron chi connectivity index (χ0n) is 6.55. The summed E-state index contributed by atoms with van der Waals surface area (Å²) in [6.45, 7) is 0. The zero-order chi connectivity index (χ0) is 10.8. The molecule has 0 saturated heterocycles. The molecule has 1 aromatic heterocycles. The summed E-state index contributed by atoms with van der Waals surface area (Å²) >= 11 is 1.34. The van der Waals surface area contributed by atoms with Gasteiger partial charge in [0.2, 0.25) is 0 Å². The number of thioether (sulfide) groups is 1. The van der Waals surface area contributed by atoms with Gasteiger partial charge in [-0.3, -0.25) is 0 Å². The van der Waals surface area contributed by atoms with E-state index in [4.69, 9.17) is 0 Å². The molecular formula is C7H4BrF4NS. The van der Waals surface area contributed by atoms with Crippen molar-refractivity contribution < 1.29 is 17.6 Å². The first-order valence-electron chi connectivity index (χ1n) is 3.37. The molecule has 0 unspecified atom stereocenters. The maximum Gasteiger partial charge on any atom is 0.373 e. The van der Waals surface area contributed by atoms with Gasteiger partial charge in [-0.15, -0.1) is 0 Å². The summed E-state index contributed by atoms with van der Waals surface area (Å²) in [6.07, 6.45) is 1.25. The number of pyridine rings is 1. The van der Waals surface area contributed by atoms with Crippen molar-refractivity contribution >= 4 is 27.7 Å². The highest BCUT2D eigenvalue weighted by molar-refractivity contribution is 9.10. The van der Waals surface area contributed by atoms with E-state index in [2.05, 4.69) is 4.98 Å². The largest absolute Gasteiger partial charge is 0.373 e. The highest BCUT2D eigenvalue weighted by Gasteiger charge is 2.55. The molecule has 0 aromatic carbocycles. The smallest absolute Gasteiger partial charge is 0.250 e. The first-order chi connectivity index (χ1) is 6.33. The van der Waals surface area contributed by atoms with Crippen LogP contribution in [-0.4, -0.2) is 15.1 Å². The van der Waals surface area contributed by atoms with Gasteiger partial charge in [0, 0.05) is 6.20 Å². The summed E-state index contributed by atoms with van der Waals surface area (Å²) in [5, 5.41) is -4.38. The average molecular weight is 290 g/mol. The maximum atomic E-state index is 12.7. The van der Waals surface area contributed by atoms with Crippen molar-refractivity contribution in [2.45, 2.75) is 15.1 Å². The second kappa shape index (κ2) is 4.06. The van der Waals surface area contributed by atoms with Crippen LogP contribution in [0.2, 0.25) is 0 Å². The summed E-state index contributed by atoms with van der Waals surface area (Å²) in [7, 11) is 0. The third kappa shape index (κ3) is 2.84. The number of alkyl halides is 5. The lowest BCUT2D eigenvalue weighted by atomic mass is 10.5. The van der Waals surface area contributed by atoms with Gasteiger partial charge in [0.1, 0.15) is 5.03 Å². The van der Waals surface area contributed by atoms with Crippen LogP contribution < -0.4 is 0 Å². The predicted octanol–water partition coefficient (Wildman–Crippen LogP) is 3.75. The fraction of sp³-hybridized carbons (Fsp3) is 0.286. The van der Waals surface area contributed by atoms with Crippen molar-refractivity contribution in [2.75, 3.05) is 0 Å². The van der Waals surface area contributed by atoms with Crippen LogP contribution in [0.25, 0.3) is 0 Å². The zero-order valence-corrected chi connectivity index (χ0v) is 8.96. The van der Waals surface area contributed by atoms with Gasteiger partial charge in [-0.1, -0.05) is 6.07 Å². The van der Waals surface area contributed by atoms with Gasteiger partial charge < -0.3 is 0 Å². The molecule has 0 N–H and O–H groups in total. The van der Waals surface area contributed by atoms with Crippen LogP contribution in [0, 0.1) is 0 Å². The van der Waals surface area contributed by atoms with Crippen LogP contribution in [0.4, 0.5) is 17.6 Å². The van der Waals surface area contributed by atoms with Crippen molar-refractivity contribution in [1.82, 2.24) is 4.98 Å². The summed E-state index contributed by atoms with van der Waals surface area (Å²) in [4.78, 5) is -0.742. The van der Waals surface area contributed by atoms with E-state index in [0.717, 1.165) is 0 Å². The molecule has 0 amide bonds. The molecule has 0 aliphatic rings. The van der Waals surface area contributed by atoms with Gasteiger partial charge in [0.25, 0.3) is 0 Å². The van der Waals surface area contributed by atoms with E-state index >= 15 is 0 Å². The van der Waals surface area contributed by atoms with Gasteiger partial charge in [-0.2, -0.15) is 17.6 Å². The van der Waals surface area contributed by atoms with Crippen molar-refractivity contribution in [3.63, 3.8) is 0 Å². The van der Waals surface area contributed by atoms with Gasteiger partial charge in [0.15, 0.2) is 0 Å². The molecule has 0 radical (unpaired) electrons.